The smallest absolute Gasteiger partial charge is 0.254 e. The highest BCUT2D eigenvalue weighted by Gasteiger charge is 2.27. The first kappa shape index (κ1) is 14.6. The number of nitrogens with one attached hydrogen (secondary N) is 1. The van der Waals surface area contributed by atoms with Gasteiger partial charge >= 0.3 is 0 Å². The molecule has 1 saturated carbocycles. The van der Waals surface area contributed by atoms with Gasteiger partial charge < -0.3 is 10.1 Å². The molecule has 1 aliphatic carbocycles. The SMILES string of the molecule is CCSC1CCCC1Nc1cc(COC)nc2ncnn12. The first-order valence-corrected chi connectivity index (χ1v) is 8.43. The molecule has 114 valence electrons. The molecule has 1 N–H and O–H groups in total. The third-order valence-corrected chi connectivity index (χ3v) is 5.09. The number of methoxy groups -OCH3 is 1. The van der Waals surface area contributed by atoms with Crippen molar-refractivity contribution in [1.82, 2.24) is 19.6 Å². The number of anilines is 1. The van der Waals surface area contributed by atoms with E-state index in [1.54, 1.807) is 11.6 Å². The summed E-state index contributed by atoms with van der Waals surface area (Å²) in [6.45, 7) is 2.70. The number of ether oxygens (including phenoxy) is 1. The fourth-order valence-corrected chi connectivity index (χ4v) is 4.08. The van der Waals surface area contributed by atoms with Crippen LogP contribution in [0.2, 0.25) is 0 Å². The summed E-state index contributed by atoms with van der Waals surface area (Å²) in [4.78, 5) is 8.63. The predicted molar refractivity (Wildman–Crippen MR) is 84.7 cm³/mol. The molecular formula is C14H21N5OS. The van der Waals surface area contributed by atoms with E-state index in [1.807, 2.05) is 17.8 Å². The average Bonchev–Trinajstić information content (AvgIpc) is 3.09. The lowest BCUT2D eigenvalue weighted by Crippen LogP contribution is -2.27. The minimum Gasteiger partial charge on any atom is -0.378 e. The zero-order chi connectivity index (χ0) is 14.7. The summed E-state index contributed by atoms with van der Waals surface area (Å²) in [5.41, 5.74) is 0.873. The first-order chi connectivity index (χ1) is 10.3. The molecule has 21 heavy (non-hydrogen) atoms. The second-order valence-corrected chi connectivity index (χ2v) is 6.73. The van der Waals surface area contributed by atoms with Crippen LogP contribution in [0.4, 0.5) is 5.82 Å². The van der Waals surface area contributed by atoms with Crippen molar-refractivity contribution in [2.24, 2.45) is 0 Å². The fourth-order valence-electron chi connectivity index (χ4n) is 2.88. The van der Waals surface area contributed by atoms with Crippen molar-refractivity contribution in [3.8, 4) is 0 Å². The van der Waals surface area contributed by atoms with E-state index < -0.39 is 0 Å². The van der Waals surface area contributed by atoms with Gasteiger partial charge in [-0.3, -0.25) is 0 Å². The predicted octanol–water partition coefficient (Wildman–Crippen LogP) is 2.36. The number of aromatic nitrogens is 4. The Morgan fingerprint density at radius 1 is 1.48 bits per heavy atom. The number of hydrogen-bond acceptors (Lipinski definition) is 6. The molecule has 2 aromatic rings. The Labute approximate surface area is 128 Å². The van der Waals surface area contributed by atoms with Gasteiger partial charge in [0.1, 0.15) is 12.1 Å². The van der Waals surface area contributed by atoms with Gasteiger partial charge in [0.05, 0.1) is 12.3 Å². The monoisotopic (exact) mass is 307 g/mol. The van der Waals surface area contributed by atoms with Crippen LogP contribution in [0.1, 0.15) is 31.9 Å². The lowest BCUT2D eigenvalue weighted by Gasteiger charge is -2.21. The van der Waals surface area contributed by atoms with E-state index in [0.29, 0.717) is 23.7 Å². The van der Waals surface area contributed by atoms with Crippen molar-refractivity contribution in [2.45, 2.75) is 44.1 Å². The molecular weight excluding hydrogens is 286 g/mol. The van der Waals surface area contributed by atoms with Gasteiger partial charge in [-0.25, -0.2) is 4.98 Å². The van der Waals surface area contributed by atoms with E-state index in [0.717, 1.165) is 17.3 Å². The summed E-state index contributed by atoms with van der Waals surface area (Å²) < 4.78 is 6.96. The number of hydrogen-bond donors (Lipinski definition) is 1. The van der Waals surface area contributed by atoms with Gasteiger partial charge in [-0.05, 0) is 18.6 Å². The van der Waals surface area contributed by atoms with Crippen LogP contribution >= 0.6 is 11.8 Å². The molecule has 0 spiro atoms. The topological polar surface area (TPSA) is 64.3 Å². The van der Waals surface area contributed by atoms with E-state index in [-0.39, 0.29) is 0 Å². The first-order valence-electron chi connectivity index (χ1n) is 7.38. The Morgan fingerprint density at radius 3 is 3.19 bits per heavy atom. The maximum atomic E-state index is 5.19. The molecule has 0 aromatic carbocycles. The zero-order valence-corrected chi connectivity index (χ0v) is 13.3. The molecule has 3 rings (SSSR count). The summed E-state index contributed by atoms with van der Waals surface area (Å²) in [6, 6.07) is 2.50. The highest BCUT2D eigenvalue weighted by molar-refractivity contribution is 7.99. The number of thioether (sulfide) groups is 1. The second kappa shape index (κ2) is 6.62. The number of nitrogens with zero attached hydrogens (tertiary/aromatic N) is 4. The molecule has 0 bridgehead atoms. The van der Waals surface area contributed by atoms with Crippen molar-refractivity contribution in [2.75, 3.05) is 18.2 Å². The summed E-state index contributed by atoms with van der Waals surface area (Å²) in [5.74, 6) is 2.73. The Hall–Kier alpha value is -1.34. The maximum absolute atomic E-state index is 5.19. The van der Waals surface area contributed by atoms with Gasteiger partial charge in [0.2, 0.25) is 0 Å². The van der Waals surface area contributed by atoms with Crippen molar-refractivity contribution in [3.05, 3.63) is 18.1 Å². The zero-order valence-electron chi connectivity index (χ0n) is 12.5. The normalized spacial score (nSPS) is 22.0. The molecule has 2 aromatic heterocycles. The number of rotatable bonds is 6. The standard InChI is InChI=1S/C14H21N5OS/c1-3-21-12-6-4-5-11(12)18-13-7-10(8-20-2)17-14-15-9-16-19(13)14/h7,9,11-12,18H,3-6,8H2,1-2H3. The van der Waals surface area contributed by atoms with E-state index in [2.05, 4.69) is 27.3 Å². The average molecular weight is 307 g/mol. The molecule has 0 aliphatic heterocycles. The fraction of sp³-hybridized carbons (Fsp3) is 0.643. The highest BCUT2D eigenvalue weighted by atomic mass is 32.2. The van der Waals surface area contributed by atoms with Crippen molar-refractivity contribution in [1.29, 1.82) is 0 Å². The van der Waals surface area contributed by atoms with Crippen LogP contribution in [0.25, 0.3) is 5.78 Å². The van der Waals surface area contributed by atoms with Gasteiger partial charge in [0, 0.05) is 24.5 Å². The van der Waals surface area contributed by atoms with Crippen molar-refractivity contribution >= 4 is 23.4 Å². The number of fused-ring (bicyclic) bond motifs is 1. The van der Waals surface area contributed by atoms with Crippen LogP contribution in [0.3, 0.4) is 0 Å². The lowest BCUT2D eigenvalue weighted by molar-refractivity contribution is 0.181. The van der Waals surface area contributed by atoms with Crippen LogP contribution in [0.5, 0.6) is 0 Å². The van der Waals surface area contributed by atoms with Crippen molar-refractivity contribution < 1.29 is 4.74 Å². The second-order valence-electron chi connectivity index (χ2n) is 5.21. The minimum absolute atomic E-state index is 0.482. The van der Waals surface area contributed by atoms with Gasteiger partial charge in [-0.2, -0.15) is 26.4 Å². The Balaban J connectivity index is 1.86. The molecule has 1 aliphatic rings. The molecule has 0 radical (unpaired) electrons. The Bertz CT molecular complexity index is 602. The maximum Gasteiger partial charge on any atom is 0.254 e. The van der Waals surface area contributed by atoms with E-state index >= 15 is 0 Å². The molecule has 2 atom stereocenters. The largest absolute Gasteiger partial charge is 0.378 e. The summed E-state index contributed by atoms with van der Waals surface area (Å²) in [7, 11) is 1.67. The Kier molecular flexibility index (Phi) is 4.60. The van der Waals surface area contributed by atoms with Crippen molar-refractivity contribution in [3.63, 3.8) is 0 Å². The molecule has 7 heteroatoms. The van der Waals surface area contributed by atoms with Crippen LogP contribution in [0.15, 0.2) is 12.4 Å². The third-order valence-electron chi connectivity index (χ3n) is 3.76. The quantitative estimate of drug-likeness (QED) is 0.884. The van der Waals surface area contributed by atoms with E-state index in [1.165, 1.54) is 25.6 Å². The van der Waals surface area contributed by atoms with Gasteiger partial charge in [-0.1, -0.05) is 13.3 Å². The van der Waals surface area contributed by atoms with Crippen LogP contribution in [0, 0.1) is 0 Å². The van der Waals surface area contributed by atoms with E-state index in [4.69, 9.17) is 4.74 Å². The molecule has 6 nitrogen and oxygen atoms in total. The molecule has 2 heterocycles. The van der Waals surface area contributed by atoms with Crippen LogP contribution in [-0.4, -0.2) is 43.7 Å². The summed E-state index contributed by atoms with van der Waals surface area (Å²) in [6.07, 6.45) is 5.31. The lowest BCUT2D eigenvalue weighted by atomic mass is 10.2. The van der Waals surface area contributed by atoms with Crippen LogP contribution in [-0.2, 0) is 11.3 Å². The molecule has 0 saturated heterocycles. The van der Waals surface area contributed by atoms with E-state index in [9.17, 15) is 0 Å². The Morgan fingerprint density at radius 2 is 2.38 bits per heavy atom. The molecule has 0 amide bonds. The highest BCUT2D eigenvalue weighted by Crippen LogP contribution is 2.32. The molecule has 1 fully saturated rings. The van der Waals surface area contributed by atoms with Crippen LogP contribution < -0.4 is 5.32 Å². The third kappa shape index (κ3) is 3.13. The molecule has 2 unspecified atom stereocenters. The summed E-state index contributed by atoms with van der Waals surface area (Å²) >= 11 is 2.04. The van der Waals surface area contributed by atoms with Gasteiger partial charge in [0.15, 0.2) is 0 Å². The van der Waals surface area contributed by atoms with Gasteiger partial charge in [-0.15, -0.1) is 0 Å². The minimum atomic E-state index is 0.482. The van der Waals surface area contributed by atoms with Gasteiger partial charge in [0.25, 0.3) is 5.78 Å². The summed E-state index contributed by atoms with van der Waals surface area (Å²) in [5, 5.41) is 8.59.